The summed E-state index contributed by atoms with van der Waals surface area (Å²) >= 11 is 5.85. The van der Waals surface area contributed by atoms with Crippen molar-refractivity contribution in [2.45, 2.75) is 30.2 Å². The number of carboxylic acids is 1. The standard InChI is InChI=1S/C12H14ClNO4S/c1-12(11(15)16,8-6-7-8)14-19(17,18)10-5-3-2-4-9(10)13/h2-5,8,14H,6-7H2,1H3,(H,15,16). The minimum absolute atomic E-state index is 0.0681. The van der Waals surface area contributed by atoms with Crippen LogP contribution < -0.4 is 4.72 Å². The first kappa shape index (κ1) is 14.3. The van der Waals surface area contributed by atoms with Crippen LogP contribution in [0, 0.1) is 5.92 Å². The number of carboxylic acid groups (broad SMARTS) is 1. The maximum atomic E-state index is 12.2. The van der Waals surface area contributed by atoms with Crippen molar-refractivity contribution in [1.29, 1.82) is 0 Å². The number of rotatable bonds is 5. The molecule has 7 heteroatoms. The molecule has 1 aliphatic rings. The van der Waals surface area contributed by atoms with Gasteiger partial charge in [-0.3, -0.25) is 4.79 Å². The molecule has 1 atom stereocenters. The van der Waals surface area contributed by atoms with Gasteiger partial charge in [0, 0.05) is 0 Å². The molecule has 5 nitrogen and oxygen atoms in total. The van der Waals surface area contributed by atoms with Crippen LogP contribution in [0.4, 0.5) is 0 Å². The van der Waals surface area contributed by atoms with Crippen LogP contribution >= 0.6 is 11.6 Å². The van der Waals surface area contributed by atoms with E-state index < -0.39 is 21.5 Å². The molecule has 0 radical (unpaired) electrons. The van der Waals surface area contributed by atoms with Crippen molar-refractivity contribution in [3.63, 3.8) is 0 Å². The molecule has 0 heterocycles. The van der Waals surface area contributed by atoms with Gasteiger partial charge in [-0.05, 0) is 37.8 Å². The second-order valence-corrected chi connectivity index (χ2v) is 6.88. The number of benzene rings is 1. The molecule has 2 N–H and O–H groups in total. The maximum Gasteiger partial charge on any atom is 0.324 e. The molecule has 0 saturated heterocycles. The summed E-state index contributed by atoms with van der Waals surface area (Å²) in [4.78, 5) is 11.2. The summed E-state index contributed by atoms with van der Waals surface area (Å²) in [5, 5.41) is 9.33. The van der Waals surface area contributed by atoms with Crippen LogP contribution in [0.2, 0.25) is 5.02 Å². The Hall–Kier alpha value is -1.11. The van der Waals surface area contributed by atoms with Gasteiger partial charge in [0.05, 0.1) is 5.02 Å². The highest BCUT2D eigenvalue weighted by molar-refractivity contribution is 7.89. The SMILES string of the molecule is CC(NS(=O)(=O)c1ccccc1Cl)(C(=O)O)C1CC1. The van der Waals surface area contributed by atoms with Crippen molar-refractivity contribution in [3.8, 4) is 0 Å². The summed E-state index contributed by atoms with van der Waals surface area (Å²) in [6.07, 6.45) is 1.40. The van der Waals surface area contributed by atoms with E-state index in [-0.39, 0.29) is 15.8 Å². The molecule has 0 aliphatic heterocycles. The number of halogens is 1. The monoisotopic (exact) mass is 303 g/mol. The van der Waals surface area contributed by atoms with Gasteiger partial charge in [0.25, 0.3) is 0 Å². The molecular weight excluding hydrogens is 290 g/mol. The van der Waals surface area contributed by atoms with Gasteiger partial charge in [-0.1, -0.05) is 23.7 Å². The predicted octanol–water partition coefficient (Wildman–Crippen LogP) is 1.87. The Morgan fingerprint density at radius 1 is 1.42 bits per heavy atom. The summed E-state index contributed by atoms with van der Waals surface area (Å²) < 4.78 is 26.8. The normalized spacial score (nSPS) is 18.8. The summed E-state index contributed by atoms with van der Waals surface area (Å²) in [6.45, 7) is 1.39. The van der Waals surface area contributed by atoms with E-state index in [9.17, 15) is 18.3 Å². The van der Waals surface area contributed by atoms with Crippen LogP contribution in [0.1, 0.15) is 19.8 Å². The summed E-state index contributed by atoms with van der Waals surface area (Å²) in [5.41, 5.74) is -1.49. The average molecular weight is 304 g/mol. The van der Waals surface area contributed by atoms with Crippen molar-refractivity contribution in [1.82, 2.24) is 4.72 Å². The maximum absolute atomic E-state index is 12.2. The van der Waals surface area contributed by atoms with Crippen LogP contribution in [0.3, 0.4) is 0 Å². The van der Waals surface area contributed by atoms with Gasteiger partial charge in [0.2, 0.25) is 10.0 Å². The van der Waals surface area contributed by atoms with Crippen LogP contribution in [-0.2, 0) is 14.8 Å². The summed E-state index contributed by atoms with van der Waals surface area (Å²) in [5.74, 6) is -1.35. The predicted molar refractivity (Wildman–Crippen MR) is 70.5 cm³/mol. The van der Waals surface area contributed by atoms with Crippen molar-refractivity contribution in [3.05, 3.63) is 29.3 Å². The second kappa shape index (κ2) is 4.77. The number of aliphatic carboxylic acids is 1. The van der Waals surface area contributed by atoms with E-state index >= 15 is 0 Å². The molecule has 1 unspecified atom stereocenters. The Bertz CT molecular complexity index is 612. The number of hydrogen-bond acceptors (Lipinski definition) is 3. The lowest BCUT2D eigenvalue weighted by molar-refractivity contribution is -0.144. The third-order valence-corrected chi connectivity index (χ3v) is 5.38. The minimum Gasteiger partial charge on any atom is -0.480 e. The summed E-state index contributed by atoms with van der Waals surface area (Å²) in [7, 11) is -3.96. The number of hydrogen-bond donors (Lipinski definition) is 2. The molecule has 1 fully saturated rings. The van der Waals surface area contributed by atoms with Crippen molar-refractivity contribution in [2.24, 2.45) is 5.92 Å². The van der Waals surface area contributed by atoms with E-state index in [1.165, 1.54) is 25.1 Å². The van der Waals surface area contributed by atoms with Crippen molar-refractivity contribution in [2.75, 3.05) is 0 Å². The fourth-order valence-electron chi connectivity index (χ4n) is 1.96. The Morgan fingerprint density at radius 2 is 2.00 bits per heavy atom. The highest BCUT2D eigenvalue weighted by atomic mass is 35.5. The highest BCUT2D eigenvalue weighted by Crippen LogP contribution is 2.40. The lowest BCUT2D eigenvalue weighted by Gasteiger charge is -2.26. The van der Waals surface area contributed by atoms with E-state index in [1.807, 2.05) is 0 Å². The molecule has 1 aromatic carbocycles. The van der Waals surface area contributed by atoms with Crippen molar-refractivity contribution >= 4 is 27.6 Å². The largest absolute Gasteiger partial charge is 0.480 e. The lowest BCUT2D eigenvalue weighted by atomic mass is 9.98. The molecule has 19 heavy (non-hydrogen) atoms. The molecule has 1 aliphatic carbocycles. The fourth-order valence-corrected chi connectivity index (χ4v) is 3.90. The van der Waals surface area contributed by atoms with E-state index in [2.05, 4.69) is 4.72 Å². The zero-order valence-electron chi connectivity index (χ0n) is 10.3. The quantitative estimate of drug-likeness (QED) is 0.870. The van der Waals surface area contributed by atoms with Crippen LogP contribution in [0.5, 0.6) is 0 Å². The van der Waals surface area contributed by atoms with Crippen LogP contribution in [0.25, 0.3) is 0 Å². The topological polar surface area (TPSA) is 83.5 Å². The first-order valence-electron chi connectivity index (χ1n) is 5.79. The Labute approximate surface area is 116 Å². The van der Waals surface area contributed by atoms with Crippen LogP contribution in [-0.4, -0.2) is 25.0 Å². The molecule has 0 aromatic heterocycles. The van der Waals surface area contributed by atoms with Gasteiger partial charge >= 0.3 is 5.97 Å². The highest BCUT2D eigenvalue weighted by Gasteiger charge is 2.50. The average Bonchev–Trinajstić information content (AvgIpc) is 3.12. The number of sulfonamides is 1. The smallest absolute Gasteiger partial charge is 0.324 e. The molecule has 1 aromatic rings. The molecule has 0 bridgehead atoms. The molecular formula is C12H14ClNO4S. The van der Waals surface area contributed by atoms with E-state index in [0.29, 0.717) is 12.8 Å². The van der Waals surface area contributed by atoms with Gasteiger partial charge in [-0.2, -0.15) is 4.72 Å². The lowest BCUT2D eigenvalue weighted by Crippen LogP contribution is -2.53. The van der Waals surface area contributed by atoms with Gasteiger partial charge < -0.3 is 5.11 Å². The molecule has 104 valence electrons. The van der Waals surface area contributed by atoms with E-state index in [4.69, 9.17) is 11.6 Å². The Morgan fingerprint density at radius 3 is 2.47 bits per heavy atom. The Kier molecular flexibility index (Phi) is 3.59. The van der Waals surface area contributed by atoms with E-state index in [0.717, 1.165) is 0 Å². The third-order valence-electron chi connectivity index (χ3n) is 3.31. The second-order valence-electron chi connectivity index (χ2n) is 4.82. The summed E-state index contributed by atoms with van der Waals surface area (Å²) in [6, 6.07) is 5.94. The minimum atomic E-state index is -3.96. The van der Waals surface area contributed by atoms with Crippen molar-refractivity contribution < 1.29 is 18.3 Å². The molecule has 0 spiro atoms. The third kappa shape index (κ3) is 2.75. The molecule has 2 rings (SSSR count). The number of carbonyl (C=O) groups is 1. The van der Waals surface area contributed by atoms with Gasteiger partial charge in [0.15, 0.2) is 0 Å². The van der Waals surface area contributed by atoms with Gasteiger partial charge in [-0.15, -0.1) is 0 Å². The zero-order chi connectivity index (χ0) is 14.3. The van der Waals surface area contributed by atoms with Gasteiger partial charge in [0.1, 0.15) is 10.4 Å². The Balaban J connectivity index is 2.36. The first-order chi connectivity index (χ1) is 8.77. The first-order valence-corrected chi connectivity index (χ1v) is 7.65. The van der Waals surface area contributed by atoms with Gasteiger partial charge in [-0.25, -0.2) is 8.42 Å². The van der Waals surface area contributed by atoms with Crippen LogP contribution in [0.15, 0.2) is 29.2 Å². The van der Waals surface area contributed by atoms with E-state index in [1.54, 1.807) is 6.07 Å². The molecule has 0 amide bonds. The molecule has 1 saturated carbocycles. The zero-order valence-corrected chi connectivity index (χ0v) is 11.8. The fraction of sp³-hybridized carbons (Fsp3) is 0.417. The number of nitrogens with one attached hydrogen (secondary N) is 1.